The van der Waals surface area contributed by atoms with Gasteiger partial charge in [-0.25, -0.2) is 9.97 Å². The number of aryl methyl sites for hydroxylation is 1. The minimum Gasteiger partial charge on any atom is -0.493 e. The third-order valence-electron chi connectivity index (χ3n) is 5.37. The minimum atomic E-state index is 0.435. The van der Waals surface area contributed by atoms with Crippen LogP contribution in [-0.2, 0) is 0 Å². The van der Waals surface area contributed by atoms with Crippen molar-refractivity contribution in [3.8, 4) is 39.8 Å². The monoisotopic (exact) mass is 431 g/mol. The summed E-state index contributed by atoms with van der Waals surface area (Å²) in [6.07, 6.45) is 3.49. The number of aromatic nitrogens is 4. The highest BCUT2D eigenvalue weighted by molar-refractivity contribution is 5.81. The Morgan fingerprint density at radius 3 is 2.34 bits per heavy atom. The lowest BCUT2D eigenvalue weighted by molar-refractivity contribution is 0.324. The molecule has 0 saturated carbocycles. The Morgan fingerprint density at radius 1 is 0.906 bits per heavy atom. The second-order valence-corrected chi connectivity index (χ2v) is 7.21. The van der Waals surface area contributed by atoms with Crippen molar-refractivity contribution in [1.29, 1.82) is 0 Å². The molecule has 0 spiro atoms. The third-order valence-corrected chi connectivity index (χ3v) is 5.37. The molecule has 0 atom stereocenters. The smallest absolute Gasteiger partial charge is 0.227 e. The molecule has 8 nitrogen and oxygen atoms in total. The maximum atomic E-state index is 5.43. The van der Waals surface area contributed by atoms with E-state index in [0.29, 0.717) is 28.9 Å². The zero-order valence-electron chi connectivity index (χ0n) is 18.7. The molecule has 8 heteroatoms. The molecule has 2 heterocycles. The largest absolute Gasteiger partial charge is 0.493 e. The van der Waals surface area contributed by atoms with Crippen LogP contribution in [0.4, 0.5) is 11.6 Å². The van der Waals surface area contributed by atoms with E-state index in [0.717, 1.165) is 22.5 Å². The van der Waals surface area contributed by atoms with Crippen LogP contribution < -0.4 is 19.5 Å². The molecule has 4 aromatic rings. The van der Waals surface area contributed by atoms with Gasteiger partial charge in [0.15, 0.2) is 11.5 Å². The van der Waals surface area contributed by atoms with Crippen LogP contribution in [0.25, 0.3) is 22.5 Å². The van der Waals surface area contributed by atoms with E-state index in [-0.39, 0.29) is 0 Å². The number of rotatable bonds is 7. The number of hydrogen-bond acceptors (Lipinski definition) is 7. The van der Waals surface area contributed by atoms with Crippen molar-refractivity contribution in [2.24, 2.45) is 0 Å². The number of aromatic amines is 1. The molecule has 0 aliphatic rings. The summed E-state index contributed by atoms with van der Waals surface area (Å²) in [5, 5.41) is 10.6. The molecule has 0 fully saturated rings. The van der Waals surface area contributed by atoms with Crippen molar-refractivity contribution in [1.82, 2.24) is 20.2 Å². The van der Waals surface area contributed by atoms with Crippen molar-refractivity contribution in [2.75, 3.05) is 26.6 Å². The van der Waals surface area contributed by atoms with Crippen LogP contribution in [0.2, 0.25) is 0 Å². The number of hydrogen-bond donors (Lipinski definition) is 2. The van der Waals surface area contributed by atoms with E-state index < -0.39 is 0 Å². The Hall–Kier alpha value is -4.07. The highest BCUT2D eigenvalue weighted by atomic mass is 16.5. The SMILES string of the molecule is COc1cc(Nc2nccc(-c3cn[nH]c3-c3cccc(C)c3C)n2)cc(OC)c1OC. The Bertz CT molecular complexity index is 1230. The number of nitrogens with zero attached hydrogens (tertiary/aromatic N) is 3. The van der Waals surface area contributed by atoms with Crippen molar-refractivity contribution < 1.29 is 14.2 Å². The van der Waals surface area contributed by atoms with E-state index in [1.807, 2.05) is 12.1 Å². The molecule has 0 saturated heterocycles. The predicted molar refractivity (Wildman–Crippen MR) is 124 cm³/mol. The van der Waals surface area contributed by atoms with Crippen LogP contribution >= 0.6 is 0 Å². The molecular weight excluding hydrogens is 406 g/mol. The number of methoxy groups -OCH3 is 3. The normalized spacial score (nSPS) is 10.7. The quantitative estimate of drug-likeness (QED) is 0.429. The first kappa shape index (κ1) is 21.2. The van der Waals surface area contributed by atoms with Crippen molar-refractivity contribution in [2.45, 2.75) is 13.8 Å². The summed E-state index contributed by atoms with van der Waals surface area (Å²) < 4.78 is 16.2. The first-order valence-electron chi connectivity index (χ1n) is 10.1. The first-order valence-corrected chi connectivity index (χ1v) is 10.1. The summed E-state index contributed by atoms with van der Waals surface area (Å²) in [4.78, 5) is 9.07. The van der Waals surface area contributed by atoms with Crippen LogP contribution in [-0.4, -0.2) is 41.5 Å². The van der Waals surface area contributed by atoms with Crippen molar-refractivity contribution >= 4 is 11.6 Å². The van der Waals surface area contributed by atoms with Crippen LogP contribution in [0, 0.1) is 13.8 Å². The zero-order chi connectivity index (χ0) is 22.7. The minimum absolute atomic E-state index is 0.435. The van der Waals surface area contributed by atoms with E-state index in [2.05, 4.69) is 46.5 Å². The molecule has 164 valence electrons. The molecule has 4 rings (SSSR count). The Balaban J connectivity index is 1.70. The zero-order valence-corrected chi connectivity index (χ0v) is 18.7. The van der Waals surface area contributed by atoms with Crippen LogP contribution in [0.15, 0.2) is 48.8 Å². The maximum absolute atomic E-state index is 5.43. The molecule has 2 N–H and O–H groups in total. The lowest BCUT2D eigenvalue weighted by Crippen LogP contribution is -2.01. The second kappa shape index (κ2) is 8.97. The number of ether oxygens (including phenoxy) is 3. The molecule has 0 aliphatic heterocycles. The fraction of sp³-hybridized carbons (Fsp3) is 0.208. The summed E-state index contributed by atoms with van der Waals surface area (Å²) in [5.74, 6) is 2.03. The third kappa shape index (κ3) is 3.94. The molecule has 0 bridgehead atoms. The fourth-order valence-electron chi connectivity index (χ4n) is 3.56. The molecule has 2 aromatic heterocycles. The van der Waals surface area contributed by atoms with Crippen molar-refractivity contribution in [3.63, 3.8) is 0 Å². The van der Waals surface area contributed by atoms with E-state index in [1.54, 1.807) is 45.9 Å². The van der Waals surface area contributed by atoms with Gasteiger partial charge in [0.05, 0.1) is 38.9 Å². The Labute approximate surface area is 186 Å². The van der Waals surface area contributed by atoms with Gasteiger partial charge in [-0.3, -0.25) is 5.10 Å². The molecule has 0 amide bonds. The summed E-state index contributed by atoms with van der Waals surface area (Å²) in [7, 11) is 4.72. The van der Waals surface area contributed by atoms with Gasteiger partial charge in [0, 0.05) is 35.1 Å². The molecule has 0 aliphatic carbocycles. The van der Waals surface area contributed by atoms with Gasteiger partial charge >= 0.3 is 0 Å². The average molecular weight is 431 g/mol. The van der Waals surface area contributed by atoms with Gasteiger partial charge in [-0.05, 0) is 31.0 Å². The number of nitrogens with one attached hydrogen (secondary N) is 2. The van der Waals surface area contributed by atoms with E-state index in [4.69, 9.17) is 19.2 Å². The highest BCUT2D eigenvalue weighted by Gasteiger charge is 2.16. The van der Waals surface area contributed by atoms with Gasteiger partial charge in [-0.15, -0.1) is 0 Å². The topological polar surface area (TPSA) is 94.2 Å². The molecule has 2 aromatic carbocycles. The lowest BCUT2D eigenvalue weighted by Gasteiger charge is -2.15. The summed E-state index contributed by atoms with van der Waals surface area (Å²) in [5.41, 5.74) is 6.78. The van der Waals surface area contributed by atoms with Crippen LogP contribution in [0.5, 0.6) is 17.2 Å². The van der Waals surface area contributed by atoms with Gasteiger partial charge in [0.25, 0.3) is 0 Å². The fourth-order valence-corrected chi connectivity index (χ4v) is 3.56. The first-order chi connectivity index (χ1) is 15.5. The van der Waals surface area contributed by atoms with E-state index >= 15 is 0 Å². The summed E-state index contributed by atoms with van der Waals surface area (Å²) in [6.45, 7) is 4.20. The summed E-state index contributed by atoms with van der Waals surface area (Å²) >= 11 is 0. The van der Waals surface area contributed by atoms with Crippen molar-refractivity contribution in [3.05, 3.63) is 59.9 Å². The Kier molecular flexibility index (Phi) is 5.93. The highest BCUT2D eigenvalue weighted by Crippen LogP contribution is 2.40. The van der Waals surface area contributed by atoms with Gasteiger partial charge in [-0.2, -0.15) is 5.10 Å². The number of H-pyrrole nitrogens is 1. The van der Waals surface area contributed by atoms with Crippen LogP contribution in [0.1, 0.15) is 11.1 Å². The molecule has 0 unspecified atom stereocenters. The van der Waals surface area contributed by atoms with E-state index in [9.17, 15) is 0 Å². The predicted octanol–water partition coefficient (Wildman–Crippen LogP) is 4.92. The number of anilines is 2. The van der Waals surface area contributed by atoms with Gasteiger partial charge in [-0.1, -0.05) is 18.2 Å². The van der Waals surface area contributed by atoms with Gasteiger partial charge < -0.3 is 19.5 Å². The van der Waals surface area contributed by atoms with Crippen LogP contribution in [0.3, 0.4) is 0 Å². The van der Waals surface area contributed by atoms with Gasteiger partial charge in [0.2, 0.25) is 11.7 Å². The molecule has 32 heavy (non-hydrogen) atoms. The maximum Gasteiger partial charge on any atom is 0.227 e. The average Bonchev–Trinajstić information content (AvgIpc) is 3.30. The standard InChI is InChI=1S/C24H25N5O3/c1-14-7-6-8-17(15(14)2)22-18(13-26-29-22)19-9-10-25-24(28-19)27-16-11-20(30-3)23(32-5)21(12-16)31-4/h6-13H,1-5H3,(H,26,29)(H,25,27,28). The second-order valence-electron chi connectivity index (χ2n) is 7.21. The van der Waals surface area contributed by atoms with Gasteiger partial charge in [0.1, 0.15) is 0 Å². The number of benzene rings is 2. The van der Waals surface area contributed by atoms with E-state index in [1.165, 1.54) is 11.1 Å². The lowest BCUT2D eigenvalue weighted by atomic mass is 9.98. The Morgan fingerprint density at radius 2 is 1.66 bits per heavy atom. The molecular formula is C24H25N5O3. The molecule has 0 radical (unpaired) electrons. The summed E-state index contributed by atoms with van der Waals surface area (Å²) in [6, 6.07) is 11.7.